The number of amides is 2. The standard InChI is InChI=1S/C33H39Cl2F3N6O3/c1-32(2,3)30(46)39-14-17-5-10-23(34)28(27(17)35)42-31-41-24-12-22(29(45)40-19-8-6-18(7-9-19)33(36,37)38)25(13-26(24)43(31)4)44-15-21-11-20(44)16-47-21/h5,10,12-13,18-21H,6-9,11,14-16H2,1-4H3,(H,39,46)(H,40,45)(H,41,42). The van der Waals surface area contributed by atoms with Crippen LogP contribution in [0.4, 0.5) is 30.5 Å². The highest BCUT2D eigenvalue weighted by Gasteiger charge is 2.43. The number of hydrogen-bond donors (Lipinski definition) is 3. The lowest BCUT2D eigenvalue weighted by molar-refractivity contribution is -0.182. The molecule has 9 nitrogen and oxygen atoms in total. The lowest BCUT2D eigenvalue weighted by Gasteiger charge is -2.32. The van der Waals surface area contributed by atoms with Crippen molar-refractivity contribution in [2.75, 3.05) is 23.4 Å². The van der Waals surface area contributed by atoms with Crippen LogP contribution in [0.25, 0.3) is 11.0 Å². The van der Waals surface area contributed by atoms with Gasteiger partial charge in [0.05, 0.1) is 62.7 Å². The molecule has 0 spiro atoms. The van der Waals surface area contributed by atoms with Crippen LogP contribution in [0.15, 0.2) is 24.3 Å². The Morgan fingerprint density at radius 1 is 1.09 bits per heavy atom. The average molecular weight is 696 g/mol. The zero-order valence-corrected chi connectivity index (χ0v) is 28.2. The number of hydrogen-bond acceptors (Lipinski definition) is 6. The van der Waals surface area contributed by atoms with Gasteiger partial charge in [-0.05, 0) is 55.9 Å². The van der Waals surface area contributed by atoms with E-state index in [1.165, 1.54) is 0 Å². The molecule has 47 heavy (non-hydrogen) atoms. The van der Waals surface area contributed by atoms with Crippen molar-refractivity contribution in [1.82, 2.24) is 20.2 Å². The number of imidazole rings is 1. The molecule has 1 saturated carbocycles. The molecule has 2 unspecified atom stereocenters. The first-order valence-electron chi connectivity index (χ1n) is 15.9. The van der Waals surface area contributed by atoms with E-state index in [1.54, 1.807) is 18.2 Å². The lowest BCUT2D eigenvalue weighted by atomic mass is 9.85. The van der Waals surface area contributed by atoms with Crippen molar-refractivity contribution in [2.45, 2.75) is 83.8 Å². The molecule has 3 aliphatic rings. The zero-order chi connectivity index (χ0) is 33.8. The van der Waals surface area contributed by atoms with E-state index < -0.39 is 17.5 Å². The summed E-state index contributed by atoms with van der Waals surface area (Å²) in [4.78, 5) is 33.2. The third kappa shape index (κ3) is 6.87. The van der Waals surface area contributed by atoms with Gasteiger partial charge < -0.3 is 30.2 Å². The first kappa shape index (κ1) is 33.7. The van der Waals surface area contributed by atoms with Gasteiger partial charge in [0, 0.05) is 31.6 Å². The summed E-state index contributed by atoms with van der Waals surface area (Å²) in [6.45, 7) is 6.90. The maximum absolute atomic E-state index is 13.8. The van der Waals surface area contributed by atoms with Crippen molar-refractivity contribution < 1.29 is 27.5 Å². The summed E-state index contributed by atoms with van der Waals surface area (Å²) in [7, 11) is 1.84. The number of morpholine rings is 1. The molecule has 3 aromatic rings. The van der Waals surface area contributed by atoms with Crippen LogP contribution >= 0.6 is 23.2 Å². The fourth-order valence-electron chi connectivity index (χ4n) is 6.68. The number of alkyl halides is 3. The summed E-state index contributed by atoms with van der Waals surface area (Å²) in [5, 5.41) is 9.87. The molecule has 2 amide bonds. The van der Waals surface area contributed by atoms with Crippen molar-refractivity contribution in [2.24, 2.45) is 18.4 Å². The van der Waals surface area contributed by atoms with Gasteiger partial charge in [0.1, 0.15) is 0 Å². The van der Waals surface area contributed by atoms with Crippen LogP contribution in [-0.4, -0.2) is 58.9 Å². The number of fused-ring (bicyclic) bond motifs is 3. The molecule has 6 rings (SSSR count). The number of carbonyl (C=O) groups is 2. The van der Waals surface area contributed by atoms with Crippen molar-refractivity contribution in [3.05, 3.63) is 45.4 Å². The molecule has 2 aliphatic heterocycles. The first-order valence-corrected chi connectivity index (χ1v) is 16.6. The smallest absolute Gasteiger partial charge is 0.374 e. The van der Waals surface area contributed by atoms with E-state index in [-0.39, 0.29) is 62.2 Å². The topological polar surface area (TPSA) is 101 Å². The third-order valence-electron chi connectivity index (χ3n) is 9.51. The molecule has 2 atom stereocenters. The molecule has 0 radical (unpaired) electrons. The number of nitrogens with one attached hydrogen (secondary N) is 3. The predicted octanol–water partition coefficient (Wildman–Crippen LogP) is 7.11. The number of halogens is 5. The van der Waals surface area contributed by atoms with Gasteiger partial charge in [0.2, 0.25) is 11.9 Å². The number of anilines is 3. The molecular formula is C33H39Cl2F3N6O3. The molecule has 3 fully saturated rings. The van der Waals surface area contributed by atoms with Gasteiger partial charge in [0.15, 0.2) is 0 Å². The minimum Gasteiger partial charge on any atom is -0.374 e. The maximum Gasteiger partial charge on any atom is 0.391 e. The lowest BCUT2D eigenvalue weighted by Crippen LogP contribution is -2.42. The van der Waals surface area contributed by atoms with Gasteiger partial charge in [-0.3, -0.25) is 9.59 Å². The second kappa shape index (κ2) is 12.7. The molecule has 254 valence electrons. The van der Waals surface area contributed by atoms with E-state index in [2.05, 4.69) is 20.9 Å². The Morgan fingerprint density at radius 2 is 1.81 bits per heavy atom. The van der Waals surface area contributed by atoms with Gasteiger partial charge in [-0.1, -0.05) is 50.0 Å². The summed E-state index contributed by atoms with van der Waals surface area (Å²) >= 11 is 13.4. The van der Waals surface area contributed by atoms with Gasteiger partial charge in [-0.15, -0.1) is 0 Å². The van der Waals surface area contributed by atoms with Gasteiger partial charge in [-0.2, -0.15) is 13.2 Å². The Kier molecular flexibility index (Phi) is 9.08. The Hall–Kier alpha value is -3.22. The van der Waals surface area contributed by atoms with E-state index >= 15 is 0 Å². The Labute approximate surface area is 281 Å². The van der Waals surface area contributed by atoms with E-state index in [9.17, 15) is 22.8 Å². The number of aryl methyl sites for hydroxylation is 1. The number of rotatable bonds is 7. The zero-order valence-electron chi connectivity index (χ0n) is 26.7. The third-order valence-corrected chi connectivity index (χ3v) is 10.3. The number of aromatic nitrogens is 2. The molecule has 2 aromatic carbocycles. The van der Waals surface area contributed by atoms with Crippen LogP contribution in [0.1, 0.15) is 68.8 Å². The van der Waals surface area contributed by atoms with E-state index in [4.69, 9.17) is 32.9 Å². The predicted molar refractivity (Wildman–Crippen MR) is 177 cm³/mol. The van der Waals surface area contributed by atoms with Crippen molar-refractivity contribution >= 4 is 63.4 Å². The second-order valence-electron chi connectivity index (χ2n) is 13.9. The highest BCUT2D eigenvalue weighted by Crippen LogP contribution is 2.40. The van der Waals surface area contributed by atoms with Crippen LogP contribution in [0.5, 0.6) is 0 Å². The van der Waals surface area contributed by atoms with Crippen molar-refractivity contribution in [3.8, 4) is 0 Å². The van der Waals surface area contributed by atoms with E-state index in [0.29, 0.717) is 51.5 Å². The van der Waals surface area contributed by atoms with Crippen LogP contribution in [0, 0.1) is 11.3 Å². The van der Waals surface area contributed by atoms with Crippen molar-refractivity contribution in [3.63, 3.8) is 0 Å². The van der Waals surface area contributed by atoms with Gasteiger partial charge in [0.25, 0.3) is 5.91 Å². The molecular weight excluding hydrogens is 656 g/mol. The monoisotopic (exact) mass is 694 g/mol. The summed E-state index contributed by atoms with van der Waals surface area (Å²) in [6, 6.07) is 6.91. The SMILES string of the molecule is Cn1c(Nc2c(Cl)ccc(CNC(=O)C(C)(C)C)c2Cl)nc2cc(C(=O)NC3CCC(C(F)(F)F)CC3)c(N3CC4CC3CO4)cc21. The number of benzene rings is 2. The molecule has 1 aromatic heterocycles. The Balaban J connectivity index is 1.29. The normalized spacial score (nSPS) is 23.0. The largest absolute Gasteiger partial charge is 0.391 e. The summed E-state index contributed by atoms with van der Waals surface area (Å²) in [6.07, 6.45) is -2.73. The fourth-order valence-corrected chi connectivity index (χ4v) is 7.21. The van der Waals surface area contributed by atoms with Crippen LogP contribution in [0.2, 0.25) is 10.0 Å². The average Bonchev–Trinajstić information content (AvgIpc) is 3.72. The Bertz CT molecular complexity index is 1700. The van der Waals surface area contributed by atoms with Crippen LogP contribution in [-0.2, 0) is 23.1 Å². The maximum atomic E-state index is 13.8. The summed E-state index contributed by atoms with van der Waals surface area (Å²) in [5.41, 5.74) is 3.00. The minimum atomic E-state index is -4.22. The summed E-state index contributed by atoms with van der Waals surface area (Å²) in [5.74, 6) is -1.35. The van der Waals surface area contributed by atoms with Crippen LogP contribution in [0.3, 0.4) is 0 Å². The van der Waals surface area contributed by atoms with E-state index in [1.807, 2.05) is 38.5 Å². The Morgan fingerprint density at radius 3 is 2.43 bits per heavy atom. The molecule has 14 heteroatoms. The first-order chi connectivity index (χ1) is 22.1. The number of ether oxygens (including phenoxy) is 1. The molecule has 2 saturated heterocycles. The van der Waals surface area contributed by atoms with Crippen LogP contribution < -0.4 is 20.9 Å². The molecule has 3 heterocycles. The quantitative estimate of drug-likeness (QED) is 0.244. The highest BCUT2D eigenvalue weighted by molar-refractivity contribution is 6.39. The fraction of sp³-hybridized carbons (Fsp3) is 0.545. The molecule has 2 bridgehead atoms. The number of nitrogens with zero attached hydrogens (tertiary/aromatic N) is 3. The summed E-state index contributed by atoms with van der Waals surface area (Å²) < 4.78 is 47.4. The van der Waals surface area contributed by atoms with Crippen molar-refractivity contribution in [1.29, 1.82) is 0 Å². The molecule has 3 N–H and O–H groups in total. The van der Waals surface area contributed by atoms with Gasteiger partial charge >= 0.3 is 6.18 Å². The molecule has 1 aliphatic carbocycles. The van der Waals surface area contributed by atoms with E-state index in [0.717, 1.165) is 17.6 Å². The highest BCUT2D eigenvalue weighted by atomic mass is 35.5. The second-order valence-corrected chi connectivity index (χ2v) is 14.7. The van der Waals surface area contributed by atoms with Gasteiger partial charge in [-0.25, -0.2) is 4.98 Å². The minimum absolute atomic E-state index is 0.00188. The number of carbonyl (C=O) groups excluding carboxylic acids is 2.